The molecule has 0 unspecified atom stereocenters. The van der Waals surface area contributed by atoms with Gasteiger partial charge in [-0.2, -0.15) is 0 Å². The lowest BCUT2D eigenvalue weighted by Crippen LogP contribution is -2.55. The van der Waals surface area contributed by atoms with Gasteiger partial charge in [0.05, 0.1) is 24.6 Å². The SMILES string of the molecule is CCOC(=O)CCC(=O)N1CCN(C2CCN(C(=O)[C@H](C)Cc3ccc(O)c(Br)c3)CC2)CC1.COC(=O)N1CCC(N2CCc3ccccc3NC2=O)CC1. The number of nitrogens with zero attached hydrogens (tertiary/aromatic N) is 5. The first-order chi connectivity index (χ1) is 27.0. The minimum absolute atomic E-state index is 0.0164. The Bertz CT molecular complexity index is 1670. The van der Waals surface area contributed by atoms with Crippen molar-refractivity contribution < 1.29 is 38.6 Å². The highest BCUT2D eigenvalue weighted by molar-refractivity contribution is 9.10. The standard InChI is InChI=1S/C25H36BrN3O5.C16H21N3O3/c1-3-34-24(32)7-6-23(31)28-14-12-27(13-15-28)20-8-10-29(11-9-20)25(33)18(2)16-19-4-5-22(30)21(26)17-19;1-22-16(21)18-9-7-13(8-10-18)19-11-6-12-4-2-3-5-14(12)17-15(19)20/h4-5,17-18,20,30H,3,6-16H2,1-2H3;2-5,13H,6-11H2,1H3,(H,17,20)/t18-;/m1./s1. The van der Waals surface area contributed by atoms with E-state index in [1.165, 1.54) is 12.7 Å². The van der Waals surface area contributed by atoms with Crippen LogP contribution in [0, 0.1) is 5.92 Å². The number of phenolic OH excluding ortho intramolecular Hbond substituents is 1. The van der Waals surface area contributed by atoms with Crippen LogP contribution in [0.15, 0.2) is 46.9 Å². The molecule has 0 aromatic heterocycles. The summed E-state index contributed by atoms with van der Waals surface area (Å²) in [4.78, 5) is 70.7. The number of urea groups is 1. The molecule has 0 saturated carbocycles. The van der Waals surface area contributed by atoms with Crippen LogP contribution >= 0.6 is 15.9 Å². The fraction of sp³-hybridized carbons (Fsp3) is 0.585. The molecule has 5 amide bonds. The smallest absolute Gasteiger partial charge is 0.409 e. The number of phenols is 1. The van der Waals surface area contributed by atoms with E-state index >= 15 is 0 Å². The lowest BCUT2D eigenvalue weighted by atomic mass is 9.97. The van der Waals surface area contributed by atoms with Crippen molar-refractivity contribution in [2.24, 2.45) is 5.92 Å². The maximum Gasteiger partial charge on any atom is 0.409 e. The van der Waals surface area contributed by atoms with Crippen LogP contribution in [0.4, 0.5) is 15.3 Å². The molecule has 14 nitrogen and oxygen atoms in total. The van der Waals surface area contributed by atoms with Crippen LogP contribution in [0.25, 0.3) is 0 Å². The van der Waals surface area contributed by atoms with Crippen LogP contribution in [-0.2, 0) is 36.7 Å². The monoisotopic (exact) mass is 840 g/mol. The number of para-hydroxylation sites is 1. The van der Waals surface area contributed by atoms with Gasteiger partial charge in [-0.05, 0) is 90.7 Å². The summed E-state index contributed by atoms with van der Waals surface area (Å²) >= 11 is 3.33. The molecule has 6 rings (SSSR count). The molecule has 0 aliphatic carbocycles. The van der Waals surface area contributed by atoms with E-state index in [0.717, 1.165) is 69.5 Å². The summed E-state index contributed by atoms with van der Waals surface area (Å²) in [5.41, 5.74) is 3.10. The van der Waals surface area contributed by atoms with E-state index < -0.39 is 0 Å². The third-order valence-corrected chi connectivity index (χ3v) is 11.9. The zero-order valence-corrected chi connectivity index (χ0v) is 34.5. The number of carbonyl (C=O) groups excluding carboxylic acids is 5. The second kappa shape index (κ2) is 20.7. The maximum atomic E-state index is 13.0. The predicted molar refractivity (Wildman–Crippen MR) is 215 cm³/mol. The Balaban J connectivity index is 0.000000234. The number of piperidine rings is 2. The summed E-state index contributed by atoms with van der Waals surface area (Å²) in [6.45, 7) is 10.6. The normalized spacial score (nSPS) is 18.8. The summed E-state index contributed by atoms with van der Waals surface area (Å²) in [6.07, 6.45) is 5.03. The van der Waals surface area contributed by atoms with E-state index in [2.05, 4.69) is 32.2 Å². The van der Waals surface area contributed by atoms with Crippen molar-refractivity contribution >= 4 is 51.5 Å². The molecule has 0 radical (unpaired) electrons. The Hall–Kier alpha value is -4.37. The molecule has 2 aromatic carbocycles. The maximum absolute atomic E-state index is 13.0. The topological polar surface area (TPSA) is 152 Å². The summed E-state index contributed by atoms with van der Waals surface area (Å²) in [7, 11) is 1.40. The molecular formula is C41H57BrN6O8. The number of amides is 5. The first-order valence-electron chi connectivity index (χ1n) is 19.9. The van der Waals surface area contributed by atoms with Crippen molar-refractivity contribution in [1.29, 1.82) is 0 Å². The molecule has 56 heavy (non-hydrogen) atoms. The van der Waals surface area contributed by atoms with Gasteiger partial charge in [0.25, 0.3) is 0 Å². The minimum Gasteiger partial charge on any atom is -0.507 e. The van der Waals surface area contributed by atoms with Crippen LogP contribution in [0.3, 0.4) is 0 Å². The average Bonchev–Trinajstić information content (AvgIpc) is 3.39. The fourth-order valence-corrected chi connectivity index (χ4v) is 8.47. The number of hydrogen-bond donors (Lipinski definition) is 2. The van der Waals surface area contributed by atoms with Gasteiger partial charge in [-0.25, -0.2) is 9.59 Å². The second-order valence-corrected chi connectivity index (χ2v) is 15.7. The number of carbonyl (C=O) groups is 5. The van der Waals surface area contributed by atoms with Crippen LogP contribution < -0.4 is 5.32 Å². The molecule has 2 aromatic rings. The van der Waals surface area contributed by atoms with Gasteiger partial charge in [-0.3, -0.25) is 19.3 Å². The van der Waals surface area contributed by atoms with Gasteiger partial charge < -0.3 is 39.5 Å². The van der Waals surface area contributed by atoms with E-state index in [1.54, 1.807) is 17.9 Å². The second-order valence-electron chi connectivity index (χ2n) is 14.9. The third kappa shape index (κ3) is 11.6. The van der Waals surface area contributed by atoms with Crippen molar-refractivity contribution in [3.63, 3.8) is 0 Å². The van der Waals surface area contributed by atoms with Gasteiger partial charge in [-0.15, -0.1) is 0 Å². The number of fused-ring (bicyclic) bond motifs is 1. The van der Waals surface area contributed by atoms with Gasteiger partial charge in [0.1, 0.15) is 5.75 Å². The number of piperazine rings is 1. The number of rotatable bonds is 9. The van der Waals surface area contributed by atoms with E-state index in [9.17, 15) is 29.1 Å². The number of halogens is 1. The lowest BCUT2D eigenvalue weighted by molar-refractivity contribution is -0.146. The number of anilines is 1. The Morgan fingerprint density at radius 2 is 1.52 bits per heavy atom. The summed E-state index contributed by atoms with van der Waals surface area (Å²) < 4.78 is 10.3. The quantitative estimate of drug-likeness (QED) is 0.328. The molecule has 3 fully saturated rings. The zero-order valence-electron chi connectivity index (χ0n) is 32.9. The van der Waals surface area contributed by atoms with E-state index in [1.807, 2.05) is 52.0 Å². The van der Waals surface area contributed by atoms with Crippen molar-refractivity contribution in [2.45, 2.75) is 77.3 Å². The summed E-state index contributed by atoms with van der Waals surface area (Å²) in [5.74, 6) is -0.0349. The number of ether oxygens (including phenoxy) is 2. The molecule has 3 saturated heterocycles. The number of esters is 1. The van der Waals surface area contributed by atoms with E-state index in [0.29, 0.717) is 56.3 Å². The number of methoxy groups -OCH3 is 1. The molecule has 4 heterocycles. The summed E-state index contributed by atoms with van der Waals surface area (Å²) in [6, 6.07) is 13.9. The zero-order chi connectivity index (χ0) is 40.2. The summed E-state index contributed by atoms with van der Waals surface area (Å²) in [5, 5.41) is 12.7. The van der Waals surface area contributed by atoms with Crippen LogP contribution in [0.5, 0.6) is 5.75 Å². The van der Waals surface area contributed by atoms with Crippen LogP contribution in [0.1, 0.15) is 63.5 Å². The van der Waals surface area contributed by atoms with Crippen molar-refractivity contribution in [3.05, 3.63) is 58.1 Å². The highest BCUT2D eigenvalue weighted by atomic mass is 79.9. The molecule has 306 valence electrons. The van der Waals surface area contributed by atoms with E-state index in [-0.39, 0.29) is 60.5 Å². The number of benzene rings is 2. The van der Waals surface area contributed by atoms with Gasteiger partial charge in [0, 0.05) is 89.0 Å². The Morgan fingerprint density at radius 1 is 0.857 bits per heavy atom. The van der Waals surface area contributed by atoms with Gasteiger partial charge >= 0.3 is 18.1 Å². The molecule has 0 spiro atoms. The molecule has 0 bridgehead atoms. The number of hydrogen-bond acceptors (Lipinski definition) is 9. The van der Waals surface area contributed by atoms with Crippen LogP contribution in [-0.4, -0.2) is 144 Å². The van der Waals surface area contributed by atoms with Crippen LogP contribution in [0.2, 0.25) is 0 Å². The number of likely N-dealkylation sites (tertiary alicyclic amines) is 2. The van der Waals surface area contributed by atoms with Gasteiger partial charge in [0.2, 0.25) is 11.8 Å². The Morgan fingerprint density at radius 3 is 2.18 bits per heavy atom. The molecular weight excluding hydrogens is 784 g/mol. The molecule has 4 aliphatic heterocycles. The highest BCUT2D eigenvalue weighted by Crippen LogP contribution is 2.27. The number of nitrogens with one attached hydrogen (secondary N) is 1. The first kappa shape index (κ1) is 42.8. The molecule has 15 heteroatoms. The Kier molecular flexibility index (Phi) is 15.8. The minimum atomic E-state index is -0.318. The first-order valence-corrected chi connectivity index (χ1v) is 20.7. The highest BCUT2D eigenvalue weighted by Gasteiger charge is 2.33. The van der Waals surface area contributed by atoms with Crippen molar-refractivity contribution in [3.8, 4) is 5.75 Å². The number of aromatic hydroxyl groups is 1. The largest absolute Gasteiger partial charge is 0.507 e. The van der Waals surface area contributed by atoms with Crippen molar-refractivity contribution in [2.75, 3.05) is 77.9 Å². The predicted octanol–water partition coefficient (Wildman–Crippen LogP) is 5.12. The van der Waals surface area contributed by atoms with Gasteiger partial charge in [0.15, 0.2) is 0 Å². The Labute approximate surface area is 338 Å². The molecule has 1 atom stereocenters. The average molecular weight is 842 g/mol. The van der Waals surface area contributed by atoms with E-state index in [4.69, 9.17) is 9.47 Å². The lowest BCUT2D eigenvalue weighted by Gasteiger charge is -2.43. The van der Waals surface area contributed by atoms with Crippen molar-refractivity contribution in [1.82, 2.24) is 24.5 Å². The molecule has 2 N–H and O–H groups in total. The fourth-order valence-electron chi connectivity index (χ4n) is 8.05. The van der Waals surface area contributed by atoms with Gasteiger partial charge in [-0.1, -0.05) is 31.2 Å². The third-order valence-electron chi connectivity index (χ3n) is 11.3. The molecule has 4 aliphatic rings.